The third kappa shape index (κ3) is 3.90. The molecule has 27 heavy (non-hydrogen) atoms. The predicted molar refractivity (Wildman–Crippen MR) is 103 cm³/mol. The second-order valence-electron chi connectivity index (χ2n) is 6.10. The highest BCUT2D eigenvalue weighted by Gasteiger charge is 2.17. The third-order valence-electron chi connectivity index (χ3n) is 4.12. The average molecular weight is 365 g/mol. The molecule has 0 fully saturated rings. The molecule has 3 aromatic rings. The van der Waals surface area contributed by atoms with E-state index in [1.165, 1.54) is 6.92 Å². The molecule has 0 bridgehead atoms. The van der Waals surface area contributed by atoms with E-state index in [0.717, 1.165) is 16.7 Å². The zero-order valence-electron chi connectivity index (χ0n) is 14.6. The van der Waals surface area contributed by atoms with Crippen LogP contribution in [0.25, 0.3) is 22.0 Å². The van der Waals surface area contributed by atoms with Gasteiger partial charge in [-0.25, -0.2) is 4.79 Å². The Balaban J connectivity index is 1.95. The minimum absolute atomic E-state index is 0.0816. The first-order chi connectivity index (χ1) is 12.8. The maximum absolute atomic E-state index is 11.8. The maximum Gasteiger partial charge on any atom is 0.317 e. The number of nitrogens with two attached hydrogens (primary N) is 2. The number of primary amides is 2. The number of H-pyrrole nitrogens is 1. The summed E-state index contributed by atoms with van der Waals surface area (Å²) in [5, 5.41) is 5.72. The molecule has 4 amide bonds. The van der Waals surface area contributed by atoms with E-state index in [4.69, 9.17) is 11.5 Å². The third-order valence-corrected chi connectivity index (χ3v) is 4.12. The van der Waals surface area contributed by atoms with E-state index in [2.05, 4.69) is 15.6 Å². The van der Waals surface area contributed by atoms with Crippen molar-refractivity contribution < 1.29 is 14.4 Å². The first-order valence-corrected chi connectivity index (χ1v) is 8.21. The predicted octanol–water partition coefficient (Wildman–Crippen LogP) is 2.06. The summed E-state index contributed by atoms with van der Waals surface area (Å²) in [5.74, 6) is -0.574. The van der Waals surface area contributed by atoms with Gasteiger partial charge in [0.2, 0.25) is 5.91 Å². The van der Waals surface area contributed by atoms with E-state index in [0.29, 0.717) is 17.4 Å². The summed E-state index contributed by atoms with van der Waals surface area (Å²) in [4.78, 5) is 36.9. The Bertz CT molecular complexity index is 1040. The molecule has 0 aliphatic carbocycles. The van der Waals surface area contributed by atoms with Crippen LogP contribution in [-0.2, 0) is 11.3 Å². The molecule has 1 heterocycles. The van der Waals surface area contributed by atoms with Crippen molar-refractivity contribution in [3.63, 3.8) is 0 Å². The van der Waals surface area contributed by atoms with Gasteiger partial charge in [0, 0.05) is 24.4 Å². The maximum atomic E-state index is 11.8. The number of rotatable bonds is 5. The lowest BCUT2D eigenvalue weighted by Gasteiger charge is -2.06. The molecule has 0 spiro atoms. The molecule has 0 saturated heterocycles. The average Bonchev–Trinajstić information content (AvgIpc) is 2.96. The largest absolute Gasteiger partial charge is 0.365 e. The van der Waals surface area contributed by atoms with Gasteiger partial charge in [-0.3, -0.25) is 14.9 Å². The second-order valence-corrected chi connectivity index (χ2v) is 6.10. The van der Waals surface area contributed by atoms with Crippen molar-refractivity contribution >= 4 is 34.6 Å². The summed E-state index contributed by atoms with van der Waals surface area (Å²) in [5.41, 5.74) is 14.3. The van der Waals surface area contributed by atoms with Crippen LogP contribution in [0, 0.1) is 0 Å². The quantitative estimate of drug-likeness (QED) is 0.472. The summed E-state index contributed by atoms with van der Waals surface area (Å²) in [6.07, 6.45) is 0. The van der Waals surface area contributed by atoms with Gasteiger partial charge in [-0.15, -0.1) is 0 Å². The molecule has 8 nitrogen and oxygen atoms in total. The number of nitrogens with one attached hydrogen (secondary N) is 3. The van der Waals surface area contributed by atoms with Crippen molar-refractivity contribution in [1.29, 1.82) is 0 Å². The molecule has 3 rings (SSSR count). The van der Waals surface area contributed by atoms with Crippen LogP contribution in [0.2, 0.25) is 0 Å². The number of urea groups is 1. The van der Waals surface area contributed by atoms with Crippen molar-refractivity contribution in [1.82, 2.24) is 10.3 Å². The normalized spacial score (nSPS) is 10.6. The Kier molecular flexibility index (Phi) is 4.80. The van der Waals surface area contributed by atoms with Crippen LogP contribution in [0.4, 0.5) is 10.6 Å². The molecule has 138 valence electrons. The number of hydrogen-bond donors (Lipinski definition) is 5. The molecule has 2 aromatic carbocycles. The fourth-order valence-electron chi connectivity index (χ4n) is 2.89. The van der Waals surface area contributed by atoms with Crippen LogP contribution in [0.3, 0.4) is 0 Å². The van der Waals surface area contributed by atoms with Gasteiger partial charge in [0.15, 0.2) is 0 Å². The van der Waals surface area contributed by atoms with Crippen molar-refractivity contribution in [2.75, 3.05) is 5.32 Å². The van der Waals surface area contributed by atoms with Crippen LogP contribution in [0.5, 0.6) is 0 Å². The Morgan fingerprint density at radius 1 is 1.00 bits per heavy atom. The molecular formula is C19H19N5O3. The molecule has 0 saturated carbocycles. The topological polar surface area (TPSA) is 143 Å². The lowest BCUT2D eigenvalue weighted by atomic mass is 10.0. The van der Waals surface area contributed by atoms with Crippen molar-refractivity contribution in [3.05, 3.63) is 53.6 Å². The van der Waals surface area contributed by atoms with Gasteiger partial charge < -0.3 is 21.8 Å². The summed E-state index contributed by atoms with van der Waals surface area (Å²) < 4.78 is 0. The molecule has 0 unspecified atom stereocenters. The highest BCUT2D eigenvalue weighted by Crippen LogP contribution is 2.30. The number of anilines is 1. The minimum atomic E-state index is -0.793. The second kappa shape index (κ2) is 7.20. The van der Waals surface area contributed by atoms with Crippen molar-refractivity contribution in [2.45, 2.75) is 13.5 Å². The van der Waals surface area contributed by atoms with Gasteiger partial charge in [-0.2, -0.15) is 0 Å². The van der Waals surface area contributed by atoms with Crippen LogP contribution in [0.15, 0.2) is 42.5 Å². The molecule has 0 radical (unpaired) electrons. The van der Waals surface area contributed by atoms with Crippen LogP contribution in [0.1, 0.15) is 22.8 Å². The first kappa shape index (κ1) is 18.0. The molecule has 0 aliphatic rings. The Morgan fingerprint density at radius 3 is 2.26 bits per heavy atom. The van der Waals surface area contributed by atoms with Gasteiger partial charge >= 0.3 is 6.03 Å². The van der Waals surface area contributed by atoms with Crippen molar-refractivity contribution in [2.24, 2.45) is 11.5 Å². The molecule has 0 atom stereocenters. The Labute approximate surface area is 154 Å². The highest BCUT2D eigenvalue weighted by atomic mass is 16.2. The van der Waals surface area contributed by atoms with Gasteiger partial charge in [-0.05, 0) is 22.8 Å². The van der Waals surface area contributed by atoms with E-state index < -0.39 is 11.9 Å². The molecule has 8 heteroatoms. The Hall–Kier alpha value is -3.81. The lowest BCUT2D eigenvalue weighted by Crippen LogP contribution is -2.22. The Morgan fingerprint density at radius 2 is 1.67 bits per heavy atom. The molecule has 0 aliphatic heterocycles. The SMILES string of the molecule is CC(=O)NCc1ccc(-c2ccc3c(C(N)=O)c(NC(N)=O)[nH]c3c2)cc1. The molecule has 1 aromatic heterocycles. The molecule has 7 N–H and O–H groups in total. The van der Waals surface area contributed by atoms with E-state index in [9.17, 15) is 14.4 Å². The number of aromatic amines is 1. The van der Waals surface area contributed by atoms with E-state index in [-0.39, 0.29) is 17.3 Å². The van der Waals surface area contributed by atoms with E-state index >= 15 is 0 Å². The van der Waals surface area contributed by atoms with E-state index in [1.807, 2.05) is 36.4 Å². The number of benzene rings is 2. The van der Waals surface area contributed by atoms with E-state index in [1.54, 1.807) is 6.07 Å². The number of aromatic nitrogens is 1. The lowest BCUT2D eigenvalue weighted by molar-refractivity contribution is -0.119. The highest BCUT2D eigenvalue weighted by molar-refractivity contribution is 6.13. The smallest absolute Gasteiger partial charge is 0.317 e. The van der Waals surface area contributed by atoms with Gasteiger partial charge in [-0.1, -0.05) is 36.4 Å². The fourth-order valence-corrected chi connectivity index (χ4v) is 2.89. The van der Waals surface area contributed by atoms with Crippen LogP contribution < -0.4 is 22.1 Å². The summed E-state index contributed by atoms with van der Waals surface area (Å²) in [6, 6.07) is 12.4. The summed E-state index contributed by atoms with van der Waals surface area (Å²) in [6.45, 7) is 1.94. The first-order valence-electron chi connectivity index (χ1n) is 8.21. The fraction of sp³-hybridized carbons (Fsp3) is 0.105. The number of carbonyl (C=O) groups is 3. The summed E-state index contributed by atoms with van der Waals surface area (Å²) >= 11 is 0. The van der Waals surface area contributed by atoms with Gasteiger partial charge in [0.1, 0.15) is 5.82 Å². The molecular weight excluding hydrogens is 346 g/mol. The standard InChI is InChI=1S/C19H19N5O3/c1-10(25)22-9-11-2-4-12(5-3-11)13-6-7-14-15(8-13)23-18(24-19(21)27)16(14)17(20)26/h2-8,23H,9H2,1H3,(H2,20,26)(H,22,25)(H3,21,24,27). The zero-order chi connectivity index (χ0) is 19.6. The number of hydrogen-bond acceptors (Lipinski definition) is 3. The number of carbonyl (C=O) groups excluding carboxylic acids is 3. The minimum Gasteiger partial charge on any atom is -0.365 e. The van der Waals surface area contributed by atoms with Crippen LogP contribution in [-0.4, -0.2) is 22.8 Å². The zero-order valence-corrected chi connectivity index (χ0v) is 14.6. The number of amides is 4. The van der Waals surface area contributed by atoms with Gasteiger partial charge in [0.05, 0.1) is 5.56 Å². The number of fused-ring (bicyclic) bond motifs is 1. The van der Waals surface area contributed by atoms with Gasteiger partial charge in [0.25, 0.3) is 5.91 Å². The monoisotopic (exact) mass is 365 g/mol. The summed E-state index contributed by atoms with van der Waals surface area (Å²) in [7, 11) is 0. The van der Waals surface area contributed by atoms with Crippen LogP contribution >= 0.6 is 0 Å². The van der Waals surface area contributed by atoms with Crippen molar-refractivity contribution in [3.8, 4) is 11.1 Å².